The second-order valence-corrected chi connectivity index (χ2v) is 10.4. The van der Waals surface area contributed by atoms with Crippen molar-refractivity contribution in [3.63, 3.8) is 0 Å². The van der Waals surface area contributed by atoms with Crippen LogP contribution in [-0.4, -0.2) is 31.7 Å². The third-order valence-corrected chi connectivity index (χ3v) is 7.39. The third kappa shape index (κ3) is 4.16. The lowest BCUT2D eigenvalue weighted by atomic mass is 9.94. The number of carbonyl (C=O) groups excluding carboxylic acids is 1. The Kier molecular flexibility index (Phi) is 5.50. The monoisotopic (exact) mass is 392 g/mol. The van der Waals surface area contributed by atoms with Crippen LogP contribution in [0.2, 0.25) is 0 Å². The van der Waals surface area contributed by atoms with Gasteiger partial charge in [-0.25, -0.2) is 8.42 Å². The number of sulfonamides is 1. The van der Waals surface area contributed by atoms with Crippen molar-refractivity contribution in [3.05, 3.63) is 46.2 Å². The highest BCUT2D eigenvalue weighted by atomic mass is 32.2. The molecule has 0 aliphatic carbocycles. The molecule has 26 heavy (non-hydrogen) atoms. The number of aryl methyl sites for hydroxylation is 1. The van der Waals surface area contributed by atoms with Crippen molar-refractivity contribution < 1.29 is 13.2 Å². The molecule has 140 valence electrons. The van der Waals surface area contributed by atoms with E-state index in [1.165, 1.54) is 11.3 Å². The molecule has 1 aromatic carbocycles. The van der Waals surface area contributed by atoms with Crippen LogP contribution in [0.3, 0.4) is 0 Å². The number of nitrogens with zero attached hydrogens (tertiary/aromatic N) is 1. The number of rotatable bonds is 4. The Morgan fingerprint density at radius 2 is 1.69 bits per heavy atom. The van der Waals surface area contributed by atoms with Crippen LogP contribution in [0, 0.1) is 18.8 Å². The van der Waals surface area contributed by atoms with Crippen molar-refractivity contribution in [2.75, 3.05) is 18.4 Å². The minimum absolute atomic E-state index is 0.183. The molecule has 0 saturated carbocycles. The number of hydrogen-bond donors (Lipinski definition) is 1. The van der Waals surface area contributed by atoms with E-state index in [4.69, 9.17) is 0 Å². The highest BCUT2D eigenvalue weighted by Crippen LogP contribution is 2.27. The van der Waals surface area contributed by atoms with Crippen molar-refractivity contribution in [1.29, 1.82) is 0 Å². The normalized spacial score (nSPS) is 21.5. The van der Waals surface area contributed by atoms with E-state index in [0.29, 0.717) is 35.5 Å². The molecule has 1 fully saturated rings. The maximum Gasteiger partial charge on any atom is 0.265 e. The van der Waals surface area contributed by atoms with E-state index in [2.05, 4.69) is 19.2 Å². The second kappa shape index (κ2) is 7.50. The number of amides is 1. The SMILES string of the molecule is Cc1ccc(C(=O)Nc2ccc(S(=O)(=O)N3C[C@H](C)C[C@@H](C)C3)cc2)s1. The molecule has 0 bridgehead atoms. The maximum absolute atomic E-state index is 12.9. The van der Waals surface area contributed by atoms with Gasteiger partial charge >= 0.3 is 0 Å². The zero-order valence-electron chi connectivity index (χ0n) is 15.2. The van der Waals surface area contributed by atoms with Gasteiger partial charge in [-0.3, -0.25) is 4.79 Å². The summed E-state index contributed by atoms with van der Waals surface area (Å²) < 4.78 is 27.3. The topological polar surface area (TPSA) is 66.5 Å². The molecule has 7 heteroatoms. The van der Waals surface area contributed by atoms with Crippen LogP contribution in [0.25, 0.3) is 0 Å². The molecule has 1 aromatic heterocycles. The standard InChI is InChI=1S/C19H24N2O3S2/c1-13-10-14(2)12-21(11-13)26(23,24)17-7-5-16(6-8-17)20-19(22)18-9-4-15(3)25-18/h4-9,13-14H,10-12H2,1-3H3,(H,20,22)/t13-,14-/m1/s1. The minimum Gasteiger partial charge on any atom is -0.321 e. The Morgan fingerprint density at radius 1 is 1.08 bits per heavy atom. The van der Waals surface area contributed by atoms with Crippen LogP contribution >= 0.6 is 11.3 Å². The van der Waals surface area contributed by atoms with E-state index in [1.54, 1.807) is 34.6 Å². The first-order valence-electron chi connectivity index (χ1n) is 8.73. The first kappa shape index (κ1) is 19.1. The molecule has 2 heterocycles. The smallest absolute Gasteiger partial charge is 0.265 e. The molecule has 0 unspecified atom stereocenters. The van der Waals surface area contributed by atoms with E-state index in [0.717, 1.165) is 11.3 Å². The summed E-state index contributed by atoms with van der Waals surface area (Å²) in [7, 11) is -3.50. The lowest BCUT2D eigenvalue weighted by Crippen LogP contribution is -2.42. The predicted molar refractivity (Wildman–Crippen MR) is 105 cm³/mol. The van der Waals surface area contributed by atoms with Crippen LogP contribution in [0.4, 0.5) is 5.69 Å². The Bertz CT molecular complexity index is 878. The summed E-state index contributed by atoms with van der Waals surface area (Å²) in [5.74, 6) is 0.542. The Balaban J connectivity index is 1.73. The molecule has 2 atom stereocenters. The summed E-state index contributed by atoms with van der Waals surface area (Å²) in [6.07, 6.45) is 1.05. The van der Waals surface area contributed by atoms with Gasteiger partial charge in [-0.05, 0) is 61.6 Å². The summed E-state index contributed by atoms with van der Waals surface area (Å²) >= 11 is 1.43. The highest BCUT2D eigenvalue weighted by molar-refractivity contribution is 7.89. The Hall–Kier alpha value is -1.70. The van der Waals surface area contributed by atoms with Gasteiger partial charge in [0.2, 0.25) is 10.0 Å². The fourth-order valence-corrected chi connectivity index (χ4v) is 5.85. The van der Waals surface area contributed by atoms with Gasteiger partial charge in [0.25, 0.3) is 5.91 Å². The van der Waals surface area contributed by atoms with Crippen molar-refractivity contribution >= 4 is 33.0 Å². The van der Waals surface area contributed by atoms with Gasteiger partial charge in [0.05, 0.1) is 9.77 Å². The summed E-state index contributed by atoms with van der Waals surface area (Å²) in [4.78, 5) is 14.2. The molecule has 2 aromatic rings. The summed E-state index contributed by atoms with van der Waals surface area (Å²) in [5.41, 5.74) is 0.584. The van der Waals surface area contributed by atoms with Gasteiger partial charge in [0.15, 0.2) is 0 Å². The summed E-state index contributed by atoms with van der Waals surface area (Å²) in [5, 5.41) is 2.81. The molecule has 1 amide bonds. The number of piperidine rings is 1. The number of carbonyl (C=O) groups is 1. The lowest BCUT2D eigenvalue weighted by molar-refractivity contribution is 0.103. The molecule has 1 aliphatic heterocycles. The predicted octanol–water partition coefficient (Wildman–Crippen LogP) is 3.98. The number of nitrogens with one attached hydrogen (secondary N) is 1. The zero-order valence-corrected chi connectivity index (χ0v) is 16.9. The minimum atomic E-state index is -3.50. The van der Waals surface area contributed by atoms with Gasteiger partial charge in [0, 0.05) is 23.7 Å². The van der Waals surface area contributed by atoms with E-state index >= 15 is 0 Å². The fourth-order valence-electron chi connectivity index (χ4n) is 3.41. The van der Waals surface area contributed by atoms with Crippen LogP contribution in [0.1, 0.15) is 34.8 Å². The summed E-state index contributed by atoms with van der Waals surface area (Å²) in [6, 6.07) is 10.1. The van der Waals surface area contributed by atoms with Crippen molar-refractivity contribution in [2.45, 2.75) is 32.1 Å². The van der Waals surface area contributed by atoms with E-state index < -0.39 is 10.0 Å². The largest absolute Gasteiger partial charge is 0.321 e. The van der Waals surface area contributed by atoms with Gasteiger partial charge < -0.3 is 5.32 Å². The van der Waals surface area contributed by atoms with Crippen LogP contribution in [-0.2, 0) is 10.0 Å². The molecule has 0 spiro atoms. The fraction of sp³-hybridized carbons (Fsp3) is 0.421. The van der Waals surface area contributed by atoms with Gasteiger partial charge in [-0.2, -0.15) is 4.31 Å². The van der Waals surface area contributed by atoms with E-state index in [-0.39, 0.29) is 10.8 Å². The van der Waals surface area contributed by atoms with Crippen molar-refractivity contribution in [3.8, 4) is 0 Å². The number of benzene rings is 1. The first-order chi connectivity index (χ1) is 12.3. The van der Waals surface area contributed by atoms with Crippen LogP contribution in [0.15, 0.2) is 41.3 Å². The average molecular weight is 393 g/mol. The van der Waals surface area contributed by atoms with Gasteiger partial charge in [-0.15, -0.1) is 11.3 Å². The van der Waals surface area contributed by atoms with Crippen LogP contribution in [0.5, 0.6) is 0 Å². The van der Waals surface area contributed by atoms with E-state index in [9.17, 15) is 13.2 Å². The second-order valence-electron chi connectivity index (χ2n) is 7.16. The quantitative estimate of drug-likeness (QED) is 0.856. The Morgan fingerprint density at radius 3 is 2.23 bits per heavy atom. The molecular weight excluding hydrogens is 368 g/mol. The summed E-state index contributed by atoms with van der Waals surface area (Å²) in [6.45, 7) is 7.24. The Labute approximate surface area is 159 Å². The first-order valence-corrected chi connectivity index (χ1v) is 11.0. The molecule has 1 N–H and O–H groups in total. The molecule has 3 rings (SSSR count). The molecule has 1 aliphatic rings. The van der Waals surface area contributed by atoms with Crippen LogP contribution < -0.4 is 5.32 Å². The van der Waals surface area contributed by atoms with E-state index in [1.807, 2.05) is 13.0 Å². The lowest BCUT2D eigenvalue weighted by Gasteiger charge is -2.34. The zero-order chi connectivity index (χ0) is 18.9. The van der Waals surface area contributed by atoms with Gasteiger partial charge in [-0.1, -0.05) is 13.8 Å². The third-order valence-electron chi connectivity index (χ3n) is 4.55. The van der Waals surface area contributed by atoms with Crippen molar-refractivity contribution in [2.24, 2.45) is 11.8 Å². The number of anilines is 1. The molecule has 5 nitrogen and oxygen atoms in total. The number of hydrogen-bond acceptors (Lipinski definition) is 4. The highest BCUT2D eigenvalue weighted by Gasteiger charge is 2.31. The van der Waals surface area contributed by atoms with Gasteiger partial charge in [0.1, 0.15) is 0 Å². The maximum atomic E-state index is 12.9. The average Bonchev–Trinajstić information content (AvgIpc) is 3.01. The molecular formula is C19H24N2O3S2. The molecule has 0 radical (unpaired) electrons. The molecule has 1 saturated heterocycles. The number of thiophene rings is 1. The van der Waals surface area contributed by atoms with Crippen molar-refractivity contribution in [1.82, 2.24) is 4.31 Å².